The molecule has 11 atom stereocenters. The van der Waals surface area contributed by atoms with Gasteiger partial charge in [-0.25, -0.2) is 14.4 Å². The Kier molecular flexibility index (Phi) is 29.9. The van der Waals surface area contributed by atoms with Gasteiger partial charge in [0.1, 0.15) is 24.8 Å². The van der Waals surface area contributed by atoms with Gasteiger partial charge in [0.2, 0.25) is 5.91 Å². The van der Waals surface area contributed by atoms with E-state index in [2.05, 4.69) is 63.5 Å². The van der Waals surface area contributed by atoms with Crippen LogP contribution in [-0.2, 0) is 70.2 Å². The Balaban J connectivity index is 0.932. The van der Waals surface area contributed by atoms with E-state index in [0.717, 1.165) is 29.7 Å². The number of ether oxygens (including phenoxy) is 6. The molecule has 3 fully saturated rings. The van der Waals surface area contributed by atoms with Crippen LogP contribution in [0.2, 0.25) is 0 Å². The van der Waals surface area contributed by atoms with Crippen LogP contribution >= 0.6 is 0 Å². The number of benzene rings is 1. The lowest BCUT2D eigenvalue weighted by atomic mass is 9.85. The summed E-state index contributed by atoms with van der Waals surface area (Å²) in [5.41, 5.74) is 7.47. The fourth-order valence-electron chi connectivity index (χ4n) is 12.0. The number of urea groups is 1. The van der Waals surface area contributed by atoms with Crippen molar-refractivity contribution in [1.29, 1.82) is 0 Å². The number of rotatable bonds is 38. The fraction of sp³-hybridized carbons (Fsp3) is 0.682. The van der Waals surface area contributed by atoms with Crippen molar-refractivity contribution in [3.8, 4) is 0 Å². The highest BCUT2D eigenvalue weighted by atomic mass is 16.6. The Morgan fingerprint density at radius 2 is 1.49 bits per heavy atom. The average molecular weight is 1230 g/mol. The number of primary amides is 1. The zero-order valence-electron chi connectivity index (χ0n) is 53.5. The number of aliphatic hydroxyl groups is 1. The van der Waals surface area contributed by atoms with Crippen LogP contribution in [0.4, 0.5) is 14.4 Å². The molecule has 4 heterocycles. The van der Waals surface area contributed by atoms with Crippen molar-refractivity contribution in [2.24, 2.45) is 35.3 Å². The van der Waals surface area contributed by atoms with E-state index in [1.54, 1.807) is 38.3 Å². The summed E-state index contributed by atoms with van der Waals surface area (Å²) >= 11 is 0. The van der Waals surface area contributed by atoms with Crippen LogP contribution in [0.5, 0.6) is 0 Å². The zero-order chi connectivity index (χ0) is 64.5. The van der Waals surface area contributed by atoms with E-state index in [9.17, 15) is 48.3 Å². The first-order chi connectivity index (χ1) is 41.9. The van der Waals surface area contributed by atoms with Gasteiger partial charge in [-0.15, -0.1) is 0 Å². The summed E-state index contributed by atoms with van der Waals surface area (Å²) in [6.45, 7) is 17.9. The number of unbranched alkanes of at least 4 members (excludes halogenated alkanes) is 2. The minimum Gasteiger partial charge on any atom is -0.447 e. The van der Waals surface area contributed by atoms with Crippen LogP contribution in [-0.4, -0.2) is 181 Å². The number of Topliss-reactive ketones (excluding diaryl/α,β-unsaturated/α-hetero) is 3. The Labute approximate surface area is 520 Å². The van der Waals surface area contributed by atoms with Crippen molar-refractivity contribution in [3.05, 3.63) is 71.3 Å². The van der Waals surface area contributed by atoms with Gasteiger partial charge in [-0.1, -0.05) is 83.5 Å². The normalized spacial score (nSPS) is 22.5. The lowest BCUT2D eigenvalue weighted by Crippen LogP contribution is -2.50. The predicted octanol–water partition coefficient (Wildman–Crippen LogP) is 7.50. The number of hydrogen-bond acceptors (Lipinski definition) is 16. The number of nitrogens with two attached hydrogens (primary N) is 1. The van der Waals surface area contributed by atoms with Crippen molar-refractivity contribution in [1.82, 2.24) is 25.3 Å². The molecular weight excluding hydrogens is 1130 g/mol. The van der Waals surface area contributed by atoms with Crippen LogP contribution < -0.4 is 16.4 Å². The maximum absolute atomic E-state index is 13.8. The number of imide groups is 1. The van der Waals surface area contributed by atoms with Crippen LogP contribution in [0, 0.1) is 29.6 Å². The number of hydrogen-bond donors (Lipinski definition) is 4. The van der Waals surface area contributed by atoms with E-state index in [1.807, 2.05) is 13.8 Å². The number of aliphatic hydroxyl groups excluding tert-OH is 1. The minimum atomic E-state index is -0.910. The number of carbonyl (C=O) groups excluding carboxylic acids is 9. The van der Waals surface area contributed by atoms with Gasteiger partial charge in [0.05, 0.1) is 55.4 Å². The van der Waals surface area contributed by atoms with Crippen molar-refractivity contribution in [2.45, 2.75) is 194 Å². The molecule has 22 nitrogen and oxygen atoms in total. The van der Waals surface area contributed by atoms with Crippen LogP contribution in [0.3, 0.4) is 0 Å². The fourth-order valence-corrected chi connectivity index (χ4v) is 12.0. The third-order valence-electron chi connectivity index (χ3n) is 17.2. The second-order valence-electron chi connectivity index (χ2n) is 25.0. The molecule has 1 aromatic carbocycles. The van der Waals surface area contributed by atoms with Gasteiger partial charge in [0.25, 0.3) is 11.8 Å². The van der Waals surface area contributed by atoms with Gasteiger partial charge in [-0.3, -0.25) is 33.7 Å². The molecular formula is C66H100N6O16. The number of piperazine rings is 1. The number of carbonyl (C=O) groups is 9. The molecule has 5 N–H and O–H groups in total. The molecule has 0 saturated carbocycles. The molecule has 22 heteroatoms. The Bertz CT molecular complexity index is 2560. The van der Waals surface area contributed by atoms with Gasteiger partial charge in [-0.2, -0.15) is 0 Å². The average Bonchev–Trinajstić information content (AvgIpc) is 1.84. The van der Waals surface area contributed by atoms with Crippen molar-refractivity contribution < 1.29 is 76.7 Å². The number of ketones is 3. The summed E-state index contributed by atoms with van der Waals surface area (Å²) in [7, 11) is 1.63. The van der Waals surface area contributed by atoms with Gasteiger partial charge in [0, 0.05) is 102 Å². The van der Waals surface area contributed by atoms with E-state index >= 15 is 0 Å². The second kappa shape index (κ2) is 36.4. The van der Waals surface area contributed by atoms with Crippen molar-refractivity contribution >= 4 is 53.3 Å². The summed E-state index contributed by atoms with van der Waals surface area (Å²) < 4.78 is 34.8. The highest BCUT2D eigenvalue weighted by Crippen LogP contribution is 2.47. The third kappa shape index (κ3) is 23.9. The minimum absolute atomic E-state index is 0.00478. The van der Waals surface area contributed by atoms with Gasteiger partial charge in [-0.05, 0) is 107 Å². The van der Waals surface area contributed by atoms with Crippen molar-refractivity contribution in [2.75, 3.05) is 66.2 Å². The topological polar surface area (TPSA) is 292 Å². The molecule has 4 aliphatic heterocycles. The maximum atomic E-state index is 13.8. The molecule has 0 aromatic heterocycles. The number of epoxide rings is 1. The molecule has 1 aromatic rings. The van der Waals surface area contributed by atoms with Gasteiger partial charge in [0.15, 0.2) is 5.78 Å². The molecule has 0 radical (unpaired) electrons. The first-order valence-electron chi connectivity index (χ1n) is 31.7. The Hall–Kier alpha value is -6.33. The van der Waals surface area contributed by atoms with Crippen molar-refractivity contribution in [3.63, 3.8) is 0 Å². The summed E-state index contributed by atoms with van der Waals surface area (Å²) in [5.74, 6) is -1.57. The largest absolute Gasteiger partial charge is 0.447 e. The number of allylic oxidation sites excluding steroid dienone is 3. The summed E-state index contributed by atoms with van der Waals surface area (Å²) in [5, 5.41) is 15.5. The zero-order valence-corrected chi connectivity index (χ0v) is 53.5. The van der Waals surface area contributed by atoms with Gasteiger partial charge < -0.3 is 59.7 Å². The number of amides is 7. The van der Waals surface area contributed by atoms with Gasteiger partial charge >= 0.3 is 18.2 Å². The van der Waals surface area contributed by atoms with E-state index < -0.39 is 42.2 Å². The quantitative estimate of drug-likeness (QED) is 0.0216. The SMILES string of the molecule is CO[C@H]([C@@H](C)[C@H]1O[C@]1(C)C[C@H](C)/C=C/C=C(\C)[C@H]1O[C@@H](CCC(=O)CCOCCOC(=O)N2CCN(C(=O)OCc3ccc(CC(=O)[C@H](CCCNC(N)=O)NC(=O)[C@@H](CC(=O)CCCCCN4C(=O)C=CC4=O)C(C)C)cc3)CC2)CC[C@@H]1C)[C@@H](C)O. The lowest BCUT2D eigenvalue weighted by Gasteiger charge is -2.35. The van der Waals surface area contributed by atoms with E-state index in [-0.39, 0.29) is 175 Å². The highest BCUT2D eigenvalue weighted by molar-refractivity contribution is 6.12. The predicted molar refractivity (Wildman–Crippen MR) is 329 cm³/mol. The molecule has 7 amide bonds. The van der Waals surface area contributed by atoms with E-state index in [0.29, 0.717) is 55.6 Å². The van der Waals surface area contributed by atoms with Crippen LogP contribution in [0.25, 0.3) is 0 Å². The molecule has 3 saturated heterocycles. The first-order valence-corrected chi connectivity index (χ1v) is 31.7. The Morgan fingerprint density at radius 1 is 0.830 bits per heavy atom. The molecule has 490 valence electrons. The molecule has 88 heavy (non-hydrogen) atoms. The third-order valence-corrected chi connectivity index (χ3v) is 17.2. The summed E-state index contributed by atoms with van der Waals surface area (Å²) in [6.07, 6.45) is 13.6. The Morgan fingerprint density at radius 3 is 2.12 bits per heavy atom. The molecule has 0 bridgehead atoms. The van der Waals surface area contributed by atoms with E-state index in [1.165, 1.54) is 22.0 Å². The second-order valence-corrected chi connectivity index (χ2v) is 25.0. The number of methoxy groups -OCH3 is 1. The van der Waals surface area contributed by atoms with Crippen LogP contribution in [0.15, 0.2) is 60.2 Å². The highest BCUT2D eigenvalue weighted by Gasteiger charge is 2.57. The monoisotopic (exact) mass is 1230 g/mol. The number of nitrogens with zero attached hydrogens (tertiary/aromatic N) is 3. The van der Waals surface area contributed by atoms with E-state index in [4.69, 9.17) is 34.2 Å². The smallest absolute Gasteiger partial charge is 0.410 e. The molecule has 0 aliphatic carbocycles. The molecule has 5 rings (SSSR count). The molecule has 4 aliphatic rings. The lowest BCUT2D eigenvalue weighted by molar-refractivity contribution is -0.137. The summed E-state index contributed by atoms with van der Waals surface area (Å²) in [6, 6.07) is 5.35. The first kappa shape index (κ1) is 72.4. The van der Waals surface area contributed by atoms with Crippen LogP contribution in [0.1, 0.15) is 150 Å². The maximum Gasteiger partial charge on any atom is 0.410 e. The number of nitrogens with one attached hydrogen (secondary N) is 2. The molecule has 0 spiro atoms. The standard InChI is InChI=1S/C66H100N6O16/c1-43(2)54(40-52(75)17-11-10-12-31-72-57(77)27-28-58(72)78)62(79)69-55(18-14-30-68-63(67)80)56(76)39-49-20-22-50(23-21-49)42-86-65(82)71-34-32-70(33-35-71)64(81)85-38-37-84-36-29-51(74)24-26-53-25-19-46(5)59(87-53)45(4)16-13-15-44(3)41-66(8)61(88-66)47(6)60(83-9)48(7)73/h13,15-16,20-23,27-28,43-44,46-48,53-55,59-61,73H,10-12,14,17-19,24-26,29-42H2,1-9H3,(H,69,79)(H3,67,68,80)/b15-13+,45-16+/t44-,46+,47-,48-,53-,54+,55+,59-,60-,61-,66-/m1/s1. The summed E-state index contributed by atoms with van der Waals surface area (Å²) in [4.78, 5) is 118. The molecule has 0 unspecified atom stereocenters.